The predicted octanol–water partition coefficient (Wildman–Crippen LogP) is 4.34. The number of hydrogen-bond acceptors (Lipinski definition) is 2. The fourth-order valence-corrected chi connectivity index (χ4v) is 2.50. The quantitative estimate of drug-likeness (QED) is 0.892. The van der Waals surface area contributed by atoms with E-state index in [1.807, 2.05) is 13.8 Å². The van der Waals surface area contributed by atoms with Crippen LogP contribution in [-0.4, -0.2) is 11.7 Å². The molecular weight excluding hydrogens is 246 g/mol. The summed E-state index contributed by atoms with van der Waals surface area (Å²) in [5, 5.41) is 9.86. The van der Waals surface area contributed by atoms with Crippen LogP contribution in [0.3, 0.4) is 0 Å². The molecule has 0 aliphatic carbocycles. The summed E-state index contributed by atoms with van der Waals surface area (Å²) in [5.74, 6) is 0.409. The van der Waals surface area contributed by atoms with Crippen LogP contribution in [0.15, 0.2) is 36.4 Å². The van der Waals surface area contributed by atoms with E-state index in [-0.39, 0.29) is 0 Å². The molecule has 0 spiro atoms. The molecule has 2 aromatic carbocycles. The SMILES string of the molecule is CCN(Cc1cc(C)c(O)c(C)c1)c1ccc(C)cc1. The molecule has 0 aliphatic heterocycles. The van der Waals surface area contributed by atoms with Crippen molar-refractivity contribution in [2.24, 2.45) is 0 Å². The van der Waals surface area contributed by atoms with Gasteiger partial charge in [-0.2, -0.15) is 0 Å². The lowest BCUT2D eigenvalue weighted by Crippen LogP contribution is -2.22. The first-order valence-electron chi connectivity index (χ1n) is 7.12. The van der Waals surface area contributed by atoms with Gasteiger partial charge in [-0.05, 0) is 56.5 Å². The molecule has 0 fully saturated rings. The first kappa shape index (κ1) is 14.4. The van der Waals surface area contributed by atoms with Crippen LogP contribution >= 0.6 is 0 Å². The maximum Gasteiger partial charge on any atom is 0.121 e. The molecular formula is C18H23NO. The number of nitrogens with zero attached hydrogens (tertiary/aromatic N) is 1. The summed E-state index contributed by atoms with van der Waals surface area (Å²) in [7, 11) is 0. The molecule has 2 rings (SSSR count). The molecule has 1 N–H and O–H groups in total. The lowest BCUT2D eigenvalue weighted by atomic mass is 10.0. The fourth-order valence-electron chi connectivity index (χ4n) is 2.50. The number of phenolic OH excluding ortho intramolecular Hbond substituents is 1. The van der Waals surface area contributed by atoms with Crippen molar-refractivity contribution < 1.29 is 5.11 Å². The van der Waals surface area contributed by atoms with E-state index < -0.39 is 0 Å². The third kappa shape index (κ3) is 3.13. The topological polar surface area (TPSA) is 23.5 Å². The van der Waals surface area contributed by atoms with Gasteiger partial charge in [0.15, 0.2) is 0 Å². The molecule has 0 amide bonds. The van der Waals surface area contributed by atoms with E-state index in [1.54, 1.807) is 0 Å². The summed E-state index contributed by atoms with van der Waals surface area (Å²) >= 11 is 0. The highest BCUT2D eigenvalue weighted by atomic mass is 16.3. The normalized spacial score (nSPS) is 10.6. The summed E-state index contributed by atoms with van der Waals surface area (Å²) in [5.41, 5.74) is 5.64. The van der Waals surface area contributed by atoms with Gasteiger partial charge in [0, 0.05) is 18.8 Å². The zero-order valence-electron chi connectivity index (χ0n) is 12.8. The van der Waals surface area contributed by atoms with Gasteiger partial charge in [-0.1, -0.05) is 29.8 Å². The van der Waals surface area contributed by atoms with Crippen LogP contribution in [-0.2, 0) is 6.54 Å². The van der Waals surface area contributed by atoms with Gasteiger partial charge in [-0.25, -0.2) is 0 Å². The first-order valence-corrected chi connectivity index (χ1v) is 7.12. The molecule has 0 aliphatic rings. The molecule has 0 bridgehead atoms. The van der Waals surface area contributed by atoms with Gasteiger partial charge in [0.1, 0.15) is 5.75 Å². The molecule has 0 atom stereocenters. The zero-order chi connectivity index (χ0) is 14.7. The van der Waals surface area contributed by atoms with Crippen molar-refractivity contribution in [3.8, 4) is 5.75 Å². The standard InChI is InChI=1S/C18H23NO/c1-5-19(17-8-6-13(2)7-9-17)12-16-10-14(3)18(20)15(4)11-16/h6-11,20H,5,12H2,1-4H3. The van der Waals surface area contributed by atoms with Crippen LogP contribution in [0, 0.1) is 20.8 Å². The van der Waals surface area contributed by atoms with Gasteiger partial charge in [0.25, 0.3) is 0 Å². The van der Waals surface area contributed by atoms with Crippen LogP contribution in [0.1, 0.15) is 29.2 Å². The van der Waals surface area contributed by atoms with Crippen molar-refractivity contribution in [2.75, 3.05) is 11.4 Å². The predicted molar refractivity (Wildman–Crippen MR) is 85.5 cm³/mol. The molecule has 106 valence electrons. The highest BCUT2D eigenvalue weighted by molar-refractivity contribution is 5.49. The average Bonchev–Trinajstić information content (AvgIpc) is 2.43. The minimum Gasteiger partial charge on any atom is -0.507 e. The Morgan fingerprint density at radius 2 is 1.50 bits per heavy atom. The van der Waals surface area contributed by atoms with Crippen LogP contribution in [0.5, 0.6) is 5.75 Å². The lowest BCUT2D eigenvalue weighted by Gasteiger charge is -2.24. The molecule has 2 aromatic rings. The summed E-state index contributed by atoms with van der Waals surface area (Å²) < 4.78 is 0. The van der Waals surface area contributed by atoms with E-state index in [4.69, 9.17) is 0 Å². The van der Waals surface area contributed by atoms with E-state index in [9.17, 15) is 5.11 Å². The minimum absolute atomic E-state index is 0.409. The number of rotatable bonds is 4. The van der Waals surface area contributed by atoms with Crippen LogP contribution in [0.25, 0.3) is 0 Å². The highest BCUT2D eigenvalue weighted by Crippen LogP contribution is 2.25. The second kappa shape index (κ2) is 6.00. The van der Waals surface area contributed by atoms with Gasteiger partial charge >= 0.3 is 0 Å². The first-order chi connectivity index (χ1) is 9.51. The Hall–Kier alpha value is -1.96. The van der Waals surface area contributed by atoms with Crippen molar-refractivity contribution >= 4 is 5.69 Å². The van der Waals surface area contributed by atoms with E-state index in [1.165, 1.54) is 16.8 Å². The molecule has 0 aromatic heterocycles. The third-order valence-electron chi connectivity index (χ3n) is 3.71. The fraction of sp³-hybridized carbons (Fsp3) is 0.333. The molecule has 0 radical (unpaired) electrons. The number of aromatic hydroxyl groups is 1. The van der Waals surface area contributed by atoms with E-state index in [0.29, 0.717) is 5.75 Å². The summed E-state index contributed by atoms with van der Waals surface area (Å²) in [4.78, 5) is 2.34. The summed E-state index contributed by atoms with van der Waals surface area (Å²) in [6.07, 6.45) is 0. The summed E-state index contributed by atoms with van der Waals surface area (Å²) in [6.45, 7) is 10.00. The zero-order valence-corrected chi connectivity index (χ0v) is 12.8. The van der Waals surface area contributed by atoms with Crippen molar-refractivity contribution in [1.82, 2.24) is 0 Å². The molecule has 0 unspecified atom stereocenters. The number of phenols is 1. The maximum absolute atomic E-state index is 9.86. The number of hydrogen-bond donors (Lipinski definition) is 1. The summed E-state index contributed by atoms with van der Waals surface area (Å²) in [6, 6.07) is 12.8. The molecule has 0 saturated heterocycles. The Balaban J connectivity index is 2.24. The third-order valence-corrected chi connectivity index (χ3v) is 3.71. The maximum atomic E-state index is 9.86. The smallest absolute Gasteiger partial charge is 0.121 e. The second-order valence-electron chi connectivity index (χ2n) is 5.43. The Bertz CT molecular complexity index is 564. The number of benzene rings is 2. The van der Waals surface area contributed by atoms with Gasteiger partial charge in [0.05, 0.1) is 0 Å². The van der Waals surface area contributed by atoms with E-state index >= 15 is 0 Å². The van der Waals surface area contributed by atoms with E-state index in [2.05, 4.69) is 55.1 Å². The van der Waals surface area contributed by atoms with E-state index in [0.717, 1.165) is 24.2 Å². The van der Waals surface area contributed by atoms with Crippen LogP contribution < -0.4 is 4.90 Å². The Labute approximate surface area is 121 Å². The number of anilines is 1. The number of aryl methyl sites for hydroxylation is 3. The molecule has 2 nitrogen and oxygen atoms in total. The van der Waals surface area contributed by atoms with Crippen molar-refractivity contribution in [3.63, 3.8) is 0 Å². The van der Waals surface area contributed by atoms with Gasteiger partial charge in [-0.3, -0.25) is 0 Å². The van der Waals surface area contributed by atoms with Crippen LogP contribution in [0.2, 0.25) is 0 Å². The Kier molecular flexibility index (Phi) is 4.33. The van der Waals surface area contributed by atoms with Gasteiger partial charge < -0.3 is 10.0 Å². The molecule has 20 heavy (non-hydrogen) atoms. The molecule has 0 saturated carbocycles. The second-order valence-corrected chi connectivity index (χ2v) is 5.43. The van der Waals surface area contributed by atoms with Crippen molar-refractivity contribution in [2.45, 2.75) is 34.2 Å². The van der Waals surface area contributed by atoms with Crippen molar-refractivity contribution in [3.05, 3.63) is 58.7 Å². The van der Waals surface area contributed by atoms with Crippen LogP contribution in [0.4, 0.5) is 5.69 Å². The average molecular weight is 269 g/mol. The Morgan fingerprint density at radius 3 is 2.00 bits per heavy atom. The van der Waals surface area contributed by atoms with Gasteiger partial charge in [0.2, 0.25) is 0 Å². The Morgan fingerprint density at radius 1 is 0.950 bits per heavy atom. The molecule has 2 heteroatoms. The lowest BCUT2D eigenvalue weighted by molar-refractivity contribution is 0.466. The van der Waals surface area contributed by atoms with Gasteiger partial charge in [-0.15, -0.1) is 0 Å². The minimum atomic E-state index is 0.409. The monoisotopic (exact) mass is 269 g/mol. The largest absolute Gasteiger partial charge is 0.507 e. The van der Waals surface area contributed by atoms with Crippen molar-refractivity contribution in [1.29, 1.82) is 0 Å². The highest BCUT2D eigenvalue weighted by Gasteiger charge is 2.08. The molecule has 0 heterocycles.